The van der Waals surface area contributed by atoms with E-state index in [-0.39, 0.29) is 5.91 Å². The molecule has 1 aliphatic rings. The van der Waals surface area contributed by atoms with Crippen LogP contribution in [0.2, 0.25) is 0 Å². The van der Waals surface area contributed by atoms with Crippen LogP contribution in [0.1, 0.15) is 29.8 Å². The highest BCUT2D eigenvalue weighted by Gasteiger charge is 2.23. The molecule has 1 N–H and O–H groups in total. The zero-order chi connectivity index (χ0) is 24.9. The number of imidazole rings is 1. The zero-order valence-corrected chi connectivity index (χ0v) is 21.1. The van der Waals surface area contributed by atoms with Gasteiger partial charge in [-0.25, -0.2) is 4.98 Å². The molecule has 1 aromatic heterocycles. The van der Waals surface area contributed by atoms with Gasteiger partial charge in [-0.15, -0.1) is 0 Å². The first-order chi connectivity index (χ1) is 17.6. The van der Waals surface area contributed by atoms with Gasteiger partial charge in [0.05, 0.1) is 17.6 Å². The van der Waals surface area contributed by atoms with E-state index in [1.807, 2.05) is 48.5 Å². The number of hydrogen-bond acceptors (Lipinski definition) is 4. The third-order valence-electron chi connectivity index (χ3n) is 7.24. The van der Waals surface area contributed by atoms with E-state index in [4.69, 9.17) is 9.72 Å². The highest BCUT2D eigenvalue weighted by atomic mass is 16.5. The van der Waals surface area contributed by atoms with Crippen LogP contribution in [-0.4, -0.2) is 40.0 Å². The van der Waals surface area contributed by atoms with Crippen molar-refractivity contribution in [3.8, 4) is 5.75 Å². The van der Waals surface area contributed by atoms with Crippen molar-refractivity contribution in [1.82, 2.24) is 14.5 Å². The highest BCUT2D eigenvalue weighted by Crippen LogP contribution is 2.25. The fourth-order valence-corrected chi connectivity index (χ4v) is 4.97. The van der Waals surface area contributed by atoms with Crippen LogP contribution in [0.3, 0.4) is 0 Å². The number of aromatic nitrogens is 2. The Morgan fingerprint density at radius 3 is 2.53 bits per heavy atom. The lowest BCUT2D eigenvalue weighted by molar-refractivity contribution is -0.117. The molecule has 1 saturated heterocycles. The van der Waals surface area contributed by atoms with Crippen molar-refractivity contribution < 1.29 is 9.53 Å². The van der Waals surface area contributed by atoms with Crippen molar-refractivity contribution in [2.45, 2.75) is 39.8 Å². The molecule has 0 radical (unpaired) electrons. The molecule has 1 fully saturated rings. The predicted molar refractivity (Wildman–Crippen MR) is 144 cm³/mol. The monoisotopic (exact) mass is 482 g/mol. The number of nitrogens with zero attached hydrogens (tertiary/aromatic N) is 3. The van der Waals surface area contributed by atoms with Gasteiger partial charge >= 0.3 is 0 Å². The quantitative estimate of drug-likeness (QED) is 0.356. The van der Waals surface area contributed by atoms with Crippen molar-refractivity contribution in [2.75, 3.05) is 25.0 Å². The smallest absolute Gasteiger partial charge is 0.238 e. The third-order valence-corrected chi connectivity index (χ3v) is 7.24. The Morgan fingerprint density at radius 2 is 1.72 bits per heavy atom. The largest absolute Gasteiger partial charge is 0.486 e. The number of ether oxygens (including phenoxy) is 1. The van der Waals surface area contributed by atoms with E-state index >= 15 is 0 Å². The molecule has 6 heteroatoms. The second-order valence-corrected chi connectivity index (χ2v) is 9.74. The van der Waals surface area contributed by atoms with Crippen molar-refractivity contribution in [2.24, 2.45) is 5.92 Å². The molecule has 0 bridgehead atoms. The molecule has 5 rings (SSSR count). The van der Waals surface area contributed by atoms with Gasteiger partial charge in [0, 0.05) is 12.2 Å². The number of likely N-dealkylation sites (tertiary alicyclic amines) is 1. The van der Waals surface area contributed by atoms with Crippen molar-refractivity contribution in [3.63, 3.8) is 0 Å². The van der Waals surface area contributed by atoms with Crippen LogP contribution in [-0.2, 0) is 17.9 Å². The first kappa shape index (κ1) is 24.1. The van der Waals surface area contributed by atoms with Gasteiger partial charge in [-0.3, -0.25) is 9.69 Å². The van der Waals surface area contributed by atoms with Crippen LogP contribution in [0, 0.1) is 19.8 Å². The van der Waals surface area contributed by atoms with Gasteiger partial charge in [-0.1, -0.05) is 42.5 Å². The fourth-order valence-electron chi connectivity index (χ4n) is 4.97. The summed E-state index contributed by atoms with van der Waals surface area (Å²) < 4.78 is 8.37. The number of benzene rings is 3. The van der Waals surface area contributed by atoms with E-state index in [0.717, 1.165) is 66.3 Å². The third kappa shape index (κ3) is 5.60. The summed E-state index contributed by atoms with van der Waals surface area (Å²) in [6, 6.07) is 24.2. The van der Waals surface area contributed by atoms with Crippen LogP contribution < -0.4 is 10.1 Å². The van der Waals surface area contributed by atoms with Crippen molar-refractivity contribution >= 4 is 22.6 Å². The summed E-state index contributed by atoms with van der Waals surface area (Å²) >= 11 is 0. The van der Waals surface area contributed by atoms with Gasteiger partial charge in [-0.05, 0) is 87.2 Å². The number of hydrogen-bond donors (Lipinski definition) is 1. The number of nitrogens with one attached hydrogen (secondary N) is 1. The maximum Gasteiger partial charge on any atom is 0.238 e. The maximum absolute atomic E-state index is 12.7. The minimum Gasteiger partial charge on any atom is -0.486 e. The lowest BCUT2D eigenvalue weighted by Gasteiger charge is -2.32. The number of rotatable bonds is 8. The second-order valence-electron chi connectivity index (χ2n) is 9.74. The van der Waals surface area contributed by atoms with Crippen LogP contribution in [0.15, 0.2) is 72.8 Å². The van der Waals surface area contributed by atoms with E-state index in [1.54, 1.807) is 0 Å². The molecule has 0 aliphatic carbocycles. The number of anilines is 1. The molecule has 0 spiro atoms. The van der Waals surface area contributed by atoms with E-state index in [9.17, 15) is 4.79 Å². The SMILES string of the molecule is Cc1cccc(NC(=O)CN2CCC(Cn3c(COc4ccccc4)nc4ccccc43)CC2)c1C. The molecule has 2 heterocycles. The summed E-state index contributed by atoms with van der Waals surface area (Å²) in [5.41, 5.74) is 5.38. The Morgan fingerprint density at radius 1 is 0.972 bits per heavy atom. The molecule has 186 valence electrons. The van der Waals surface area contributed by atoms with Gasteiger partial charge in [0.25, 0.3) is 0 Å². The Bertz CT molecular complexity index is 1320. The molecule has 1 aliphatic heterocycles. The van der Waals surface area contributed by atoms with E-state index in [0.29, 0.717) is 19.1 Å². The number of aryl methyl sites for hydroxylation is 1. The number of amides is 1. The topological polar surface area (TPSA) is 59.4 Å². The average Bonchev–Trinajstić information content (AvgIpc) is 3.24. The summed E-state index contributed by atoms with van der Waals surface area (Å²) in [6.07, 6.45) is 2.12. The summed E-state index contributed by atoms with van der Waals surface area (Å²) in [5, 5.41) is 3.09. The first-order valence-electron chi connectivity index (χ1n) is 12.8. The minimum absolute atomic E-state index is 0.0584. The summed E-state index contributed by atoms with van der Waals surface area (Å²) in [4.78, 5) is 19.8. The first-order valence-corrected chi connectivity index (χ1v) is 12.8. The number of carbonyl (C=O) groups is 1. The number of fused-ring (bicyclic) bond motifs is 1. The average molecular weight is 483 g/mol. The van der Waals surface area contributed by atoms with Gasteiger partial charge < -0.3 is 14.6 Å². The van der Waals surface area contributed by atoms with E-state index in [1.165, 1.54) is 5.56 Å². The van der Waals surface area contributed by atoms with Crippen LogP contribution in [0.4, 0.5) is 5.69 Å². The molecule has 0 atom stereocenters. The van der Waals surface area contributed by atoms with Gasteiger partial charge in [-0.2, -0.15) is 0 Å². The van der Waals surface area contributed by atoms with Gasteiger partial charge in [0.15, 0.2) is 0 Å². The molecule has 6 nitrogen and oxygen atoms in total. The number of piperidine rings is 1. The van der Waals surface area contributed by atoms with Gasteiger partial charge in [0.1, 0.15) is 18.2 Å². The molecule has 1 amide bonds. The summed E-state index contributed by atoms with van der Waals surface area (Å²) in [5.74, 6) is 2.40. The Labute approximate surface area is 212 Å². The maximum atomic E-state index is 12.7. The predicted octanol–water partition coefficient (Wildman–Crippen LogP) is 5.58. The molecular weight excluding hydrogens is 448 g/mol. The van der Waals surface area contributed by atoms with Crippen molar-refractivity contribution in [1.29, 1.82) is 0 Å². The Hall–Kier alpha value is -3.64. The molecule has 4 aromatic rings. The van der Waals surface area contributed by atoms with Crippen molar-refractivity contribution in [3.05, 3.63) is 89.7 Å². The number of para-hydroxylation sites is 3. The molecule has 36 heavy (non-hydrogen) atoms. The normalized spacial score (nSPS) is 14.7. The second kappa shape index (κ2) is 11.0. The summed E-state index contributed by atoms with van der Waals surface area (Å²) in [6.45, 7) is 7.76. The lowest BCUT2D eigenvalue weighted by Crippen LogP contribution is -2.40. The fraction of sp³-hybridized carbons (Fsp3) is 0.333. The van der Waals surface area contributed by atoms with Crippen LogP contribution in [0.25, 0.3) is 11.0 Å². The zero-order valence-electron chi connectivity index (χ0n) is 21.1. The lowest BCUT2D eigenvalue weighted by atomic mass is 9.96. The Balaban J connectivity index is 1.19. The molecular formula is C30H34N4O2. The number of carbonyl (C=O) groups excluding carboxylic acids is 1. The molecule has 3 aromatic carbocycles. The molecule has 0 saturated carbocycles. The standard InChI is InChI=1S/C30H34N4O2/c1-22-9-8-13-26(23(22)2)32-30(35)20-33-17-15-24(16-18-33)19-34-28-14-7-6-12-27(28)31-29(34)21-36-25-10-4-3-5-11-25/h3-14,24H,15-21H2,1-2H3,(H,32,35). The highest BCUT2D eigenvalue weighted by molar-refractivity contribution is 5.93. The van der Waals surface area contributed by atoms with Crippen LogP contribution >= 0.6 is 0 Å². The Kier molecular flexibility index (Phi) is 7.33. The molecule has 0 unspecified atom stereocenters. The minimum atomic E-state index is 0.0584. The van der Waals surface area contributed by atoms with Gasteiger partial charge in [0.2, 0.25) is 5.91 Å². The van der Waals surface area contributed by atoms with E-state index in [2.05, 4.69) is 52.9 Å². The summed E-state index contributed by atoms with van der Waals surface area (Å²) in [7, 11) is 0. The van der Waals surface area contributed by atoms with E-state index < -0.39 is 0 Å². The van der Waals surface area contributed by atoms with Crippen LogP contribution in [0.5, 0.6) is 5.75 Å².